The van der Waals surface area contributed by atoms with E-state index in [1.807, 2.05) is 0 Å². The Hall–Kier alpha value is -1.13. The highest BCUT2D eigenvalue weighted by Crippen LogP contribution is 2.21. The summed E-state index contributed by atoms with van der Waals surface area (Å²) in [6, 6.07) is 4.99. The molecule has 0 aliphatic heterocycles. The number of benzene rings is 1. The molecule has 1 rings (SSSR count). The van der Waals surface area contributed by atoms with E-state index in [0.717, 1.165) is 0 Å². The molecule has 0 heterocycles. The minimum Gasteiger partial charge on any atom is -0.495 e. The maximum Gasteiger partial charge on any atom is 0.141 e. The van der Waals surface area contributed by atoms with E-state index in [1.54, 1.807) is 25.3 Å². The van der Waals surface area contributed by atoms with Gasteiger partial charge in [-0.15, -0.1) is 24.8 Å². The molecule has 0 aliphatic rings. The molecule has 0 aliphatic carbocycles. The molecule has 6 heteroatoms. The number of nitrogens with one attached hydrogen (secondary N) is 1. The molecule has 0 saturated carbocycles. The van der Waals surface area contributed by atoms with Gasteiger partial charge < -0.3 is 16.2 Å². The molecule has 14 heavy (non-hydrogen) atoms. The molecule has 1 aromatic carbocycles. The zero-order chi connectivity index (χ0) is 9.14. The van der Waals surface area contributed by atoms with Gasteiger partial charge in [-0.1, -0.05) is 0 Å². The maximum atomic E-state index is 7.14. The van der Waals surface area contributed by atoms with E-state index in [4.69, 9.17) is 21.6 Å². The minimum atomic E-state index is 0. The summed E-state index contributed by atoms with van der Waals surface area (Å²) in [5.74, 6) is 0.601. The van der Waals surface area contributed by atoms with Crippen LogP contribution in [0, 0.1) is 5.41 Å². The first kappa shape index (κ1) is 15.3. The SMILES string of the molecule is COc1ccc(C(=N)N)cc1N.Cl.Cl. The average molecular weight is 238 g/mol. The minimum absolute atomic E-state index is 0. The Kier molecular flexibility index (Phi) is 6.95. The van der Waals surface area contributed by atoms with E-state index in [2.05, 4.69) is 0 Å². The second kappa shape index (κ2) is 6.34. The van der Waals surface area contributed by atoms with E-state index >= 15 is 0 Å². The maximum absolute atomic E-state index is 7.14. The molecule has 0 bridgehead atoms. The Labute approximate surface area is 94.9 Å². The van der Waals surface area contributed by atoms with Crippen molar-refractivity contribution in [3.05, 3.63) is 23.8 Å². The standard InChI is InChI=1S/C8H11N3O.2ClH/c1-12-7-3-2-5(8(10)11)4-6(7)9;;/h2-4H,9H2,1H3,(H3,10,11);2*1H. The van der Waals surface area contributed by atoms with E-state index < -0.39 is 0 Å². The molecule has 0 spiro atoms. The van der Waals surface area contributed by atoms with Crippen molar-refractivity contribution in [3.8, 4) is 5.75 Å². The van der Waals surface area contributed by atoms with Crippen LogP contribution in [0.4, 0.5) is 5.69 Å². The number of nitrogen functional groups attached to an aromatic ring is 2. The lowest BCUT2D eigenvalue weighted by molar-refractivity contribution is 0.417. The number of hydrogen-bond donors (Lipinski definition) is 3. The van der Waals surface area contributed by atoms with Crippen LogP contribution in [0.1, 0.15) is 5.56 Å². The van der Waals surface area contributed by atoms with Crippen molar-refractivity contribution in [2.24, 2.45) is 5.73 Å². The van der Waals surface area contributed by atoms with Crippen LogP contribution < -0.4 is 16.2 Å². The van der Waals surface area contributed by atoms with Gasteiger partial charge in [0.2, 0.25) is 0 Å². The lowest BCUT2D eigenvalue weighted by atomic mass is 10.2. The van der Waals surface area contributed by atoms with Crippen molar-refractivity contribution in [3.63, 3.8) is 0 Å². The van der Waals surface area contributed by atoms with Gasteiger partial charge >= 0.3 is 0 Å². The molecule has 0 radical (unpaired) electrons. The highest BCUT2D eigenvalue weighted by atomic mass is 35.5. The van der Waals surface area contributed by atoms with Crippen LogP contribution in [0.3, 0.4) is 0 Å². The van der Waals surface area contributed by atoms with Gasteiger partial charge in [-0.3, -0.25) is 5.41 Å². The van der Waals surface area contributed by atoms with Gasteiger partial charge in [-0.2, -0.15) is 0 Å². The van der Waals surface area contributed by atoms with Crippen molar-refractivity contribution in [2.75, 3.05) is 12.8 Å². The lowest BCUT2D eigenvalue weighted by Gasteiger charge is -2.05. The molecular formula is C8H13Cl2N3O. The summed E-state index contributed by atoms with van der Waals surface area (Å²) < 4.78 is 4.94. The fourth-order valence-electron chi connectivity index (χ4n) is 0.902. The number of rotatable bonds is 2. The Morgan fingerprint density at radius 3 is 2.29 bits per heavy atom. The predicted molar refractivity (Wildman–Crippen MR) is 62.9 cm³/mol. The molecule has 0 unspecified atom stereocenters. The summed E-state index contributed by atoms with van der Waals surface area (Å²) in [6.45, 7) is 0. The van der Waals surface area contributed by atoms with Crippen LogP contribution in [0.5, 0.6) is 5.75 Å². The van der Waals surface area contributed by atoms with Gasteiger partial charge in [0, 0.05) is 5.56 Å². The second-order valence-corrected chi connectivity index (χ2v) is 2.37. The Morgan fingerprint density at radius 2 is 1.93 bits per heavy atom. The Morgan fingerprint density at radius 1 is 1.36 bits per heavy atom. The van der Waals surface area contributed by atoms with Crippen molar-refractivity contribution in [1.82, 2.24) is 0 Å². The topological polar surface area (TPSA) is 85.1 Å². The fourth-order valence-corrected chi connectivity index (χ4v) is 0.902. The average Bonchev–Trinajstić information content (AvgIpc) is 2.04. The van der Waals surface area contributed by atoms with E-state index in [1.165, 1.54) is 0 Å². The van der Waals surface area contributed by atoms with Crippen LogP contribution >= 0.6 is 24.8 Å². The molecule has 0 amide bonds. The van der Waals surface area contributed by atoms with E-state index in [-0.39, 0.29) is 30.6 Å². The lowest BCUT2D eigenvalue weighted by Crippen LogP contribution is -2.11. The first-order chi connectivity index (χ1) is 5.65. The van der Waals surface area contributed by atoms with Crippen molar-refractivity contribution < 1.29 is 4.74 Å². The predicted octanol–water partition coefficient (Wildman–Crippen LogP) is 1.41. The molecule has 1 aromatic rings. The number of ether oxygens (including phenoxy) is 1. The third-order valence-electron chi connectivity index (χ3n) is 1.54. The van der Waals surface area contributed by atoms with Crippen LogP contribution in [0.2, 0.25) is 0 Å². The van der Waals surface area contributed by atoms with Gasteiger partial charge in [-0.05, 0) is 18.2 Å². The number of hydrogen-bond acceptors (Lipinski definition) is 3. The molecular weight excluding hydrogens is 225 g/mol. The quantitative estimate of drug-likeness (QED) is 0.413. The molecule has 0 aromatic heterocycles. The summed E-state index contributed by atoms with van der Waals surface area (Å²) in [5, 5.41) is 7.14. The number of nitrogens with two attached hydrogens (primary N) is 2. The summed E-state index contributed by atoms with van der Waals surface area (Å²) in [6.07, 6.45) is 0. The number of methoxy groups -OCH3 is 1. The molecule has 5 N–H and O–H groups in total. The zero-order valence-electron chi connectivity index (χ0n) is 7.61. The summed E-state index contributed by atoms with van der Waals surface area (Å²) in [7, 11) is 1.54. The van der Waals surface area contributed by atoms with Crippen molar-refractivity contribution in [1.29, 1.82) is 5.41 Å². The first-order valence-corrected chi connectivity index (χ1v) is 3.43. The van der Waals surface area contributed by atoms with Crippen LogP contribution in [-0.4, -0.2) is 12.9 Å². The smallest absolute Gasteiger partial charge is 0.141 e. The third kappa shape index (κ3) is 3.32. The Balaban J connectivity index is 0. The van der Waals surface area contributed by atoms with E-state index in [9.17, 15) is 0 Å². The third-order valence-corrected chi connectivity index (χ3v) is 1.54. The number of anilines is 1. The van der Waals surface area contributed by atoms with Crippen LogP contribution in [0.25, 0.3) is 0 Å². The molecule has 4 nitrogen and oxygen atoms in total. The number of amidine groups is 1. The van der Waals surface area contributed by atoms with Gasteiger partial charge in [-0.25, -0.2) is 0 Å². The van der Waals surface area contributed by atoms with Crippen molar-refractivity contribution in [2.45, 2.75) is 0 Å². The first-order valence-electron chi connectivity index (χ1n) is 3.43. The Bertz CT molecular complexity index is 317. The molecule has 80 valence electrons. The highest BCUT2D eigenvalue weighted by molar-refractivity contribution is 5.96. The number of halogens is 2. The van der Waals surface area contributed by atoms with Gasteiger partial charge in [0.25, 0.3) is 0 Å². The summed E-state index contributed by atoms with van der Waals surface area (Å²) in [5.41, 5.74) is 11.9. The fraction of sp³-hybridized carbons (Fsp3) is 0.125. The molecule has 0 atom stereocenters. The van der Waals surface area contributed by atoms with Gasteiger partial charge in [0.1, 0.15) is 11.6 Å². The largest absolute Gasteiger partial charge is 0.495 e. The van der Waals surface area contributed by atoms with Crippen molar-refractivity contribution >= 4 is 36.3 Å². The normalized spacial score (nSPS) is 8.07. The highest BCUT2D eigenvalue weighted by Gasteiger charge is 2.01. The zero-order valence-corrected chi connectivity index (χ0v) is 9.24. The van der Waals surface area contributed by atoms with Crippen LogP contribution in [-0.2, 0) is 0 Å². The van der Waals surface area contributed by atoms with E-state index in [0.29, 0.717) is 17.0 Å². The molecule has 0 fully saturated rings. The molecule has 0 saturated heterocycles. The van der Waals surface area contributed by atoms with Crippen LogP contribution in [0.15, 0.2) is 18.2 Å². The second-order valence-electron chi connectivity index (χ2n) is 2.37. The van der Waals surface area contributed by atoms with Gasteiger partial charge in [0.15, 0.2) is 0 Å². The summed E-state index contributed by atoms with van der Waals surface area (Å²) in [4.78, 5) is 0. The summed E-state index contributed by atoms with van der Waals surface area (Å²) >= 11 is 0. The monoisotopic (exact) mass is 237 g/mol. The van der Waals surface area contributed by atoms with Gasteiger partial charge in [0.05, 0.1) is 12.8 Å².